The Morgan fingerprint density at radius 2 is 1.56 bits per heavy atom. The highest BCUT2D eigenvalue weighted by molar-refractivity contribution is 5.93. The molecule has 0 radical (unpaired) electrons. The van der Waals surface area contributed by atoms with Crippen molar-refractivity contribution in [2.45, 2.75) is 0 Å². The molecule has 0 amide bonds. The number of hydrogen-bond acceptors (Lipinski definition) is 7. The Morgan fingerprint density at radius 3 is 2.34 bits per heavy atom. The minimum atomic E-state index is -0.651. The van der Waals surface area contributed by atoms with Crippen molar-refractivity contribution in [1.82, 2.24) is 15.0 Å². The van der Waals surface area contributed by atoms with E-state index < -0.39 is 17.1 Å². The third-order valence-electron chi connectivity index (χ3n) is 6.58. The van der Waals surface area contributed by atoms with E-state index in [1.54, 1.807) is 48.7 Å². The summed E-state index contributed by atoms with van der Waals surface area (Å²) in [4.78, 5) is 25.1. The van der Waals surface area contributed by atoms with Crippen molar-refractivity contribution in [3.05, 3.63) is 107 Å². The normalized spacial score (nSPS) is 11.0. The van der Waals surface area contributed by atoms with Crippen molar-refractivity contribution in [3.63, 3.8) is 0 Å². The average molecular weight is 553 g/mol. The van der Waals surface area contributed by atoms with Crippen LogP contribution in [-0.4, -0.2) is 29.2 Å². The van der Waals surface area contributed by atoms with E-state index in [1.165, 1.54) is 50.9 Å². The van der Waals surface area contributed by atoms with Crippen molar-refractivity contribution < 1.29 is 23.0 Å². The number of pyridine rings is 3. The summed E-state index contributed by atoms with van der Waals surface area (Å²) in [6.07, 6.45) is 4.53. The molecule has 0 atom stereocenters. The van der Waals surface area contributed by atoms with Crippen LogP contribution in [0, 0.1) is 11.6 Å². The molecule has 3 aromatic heterocycles. The van der Waals surface area contributed by atoms with Crippen LogP contribution >= 0.6 is 0 Å². The largest absolute Gasteiger partial charge is 0.493 e. The number of aromatic amines is 1. The third kappa shape index (κ3) is 4.76. The molecule has 10 heteroatoms. The first-order valence-corrected chi connectivity index (χ1v) is 12.5. The predicted octanol–water partition coefficient (Wildman–Crippen LogP) is 6.97. The molecular formula is C31H22F2N4O4. The van der Waals surface area contributed by atoms with E-state index >= 15 is 4.39 Å². The van der Waals surface area contributed by atoms with Crippen molar-refractivity contribution in [3.8, 4) is 34.1 Å². The SMILES string of the molecule is COc1cc2nccc(Oc3ccc(Nc4nccc5[nH]cc(-c6ccccc6F)c(=O)c45)cc3F)c2cc1OC. The number of ether oxygens (including phenoxy) is 3. The maximum atomic E-state index is 15.3. The van der Waals surface area contributed by atoms with E-state index in [-0.39, 0.29) is 28.1 Å². The van der Waals surface area contributed by atoms with Crippen LogP contribution in [-0.2, 0) is 0 Å². The highest BCUT2D eigenvalue weighted by Crippen LogP contribution is 2.38. The number of rotatable bonds is 7. The second-order valence-electron chi connectivity index (χ2n) is 9.00. The van der Waals surface area contributed by atoms with Gasteiger partial charge in [0.25, 0.3) is 0 Å². The zero-order valence-electron chi connectivity index (χ0n) is 21.9. The van der Waals surface area contributed by atoms with Gasteiger partial charge in [0, 0.05) is 52.9 Å². The lowest BCUT2D eigenvalue weighted by Crippen LogP contribution is -2.10. The summed E-state index contributed by atoms with van der Waals surface area (Å²) in [5.41, 5.74) is 1.30. The summed E-state index contributed by atoms with van der Waals surface area (Å²) in [6.45, 7) is 0. The first-order valence-electron chi connectivity index (χ1n) is 12.5. The summed E-state index contributed by atoms with van der Waals surface area (Å²) in [6, 6.07) is 17.0. The highest BCUT2D eigenvalue weighted by Gasteiger charge is 2.16. The lowest BCUT2D eigenvalue weighted by atomic mass is 10.0. The Morgan fingerprint density at radius 1 is 0.780 bits per heavy atom. The number of methoxy groups -OCH3 is 2. The summed E-state index contributed by atoms with van der Waals surface area (Å²) >= 11 is 0. The standard InChI is InChI=1S/C31H22F2N4O4/c1-39-27-14-19-24(15-28(27)40-2)34-12-10-25(19)41-26-8-7-17(13-22(26)33)37-31-29-23(9-11-35-31)36-16-20(30(29)38)18-5-3-4-6-21(18)32/h3-16H,1-2H3,(H,35,37)(H,36,38). The number of halogens is 2. The molecule has 8 nitrogen and oxygen atoms in total. The topological polar surface area (TPSA) is 98.4 Å². The molecule has 41 heavy (non-hydrogen) atoms. The van der Waals surface area contributed by atoms with Crippen LogP contribution in [0.25, 0.3) is 32.9 Å². The van der Waals surface area contributed by atoms with E-state index in [0.29, 0.717) is 39.4 Å². The van der Waals surface area contributed by atoms with Gasteiger partial charge in [-0.05, 0) is 36.4 Å². The number of anilines is 2. The van der Waals surface area contributed by atoms with E-state index in [0.717, 1.165) is 0 Å². The number of hydrogen-bond donors (Lipinski definition) is 2. The van der Waals surface area contributed by atoms with Gasteiger partial charge >= 0.3 is 0 Å². The van der Waals surface area contributed by atoms with Crippen molar-refractivity contribution in [2.24, 2.45) is 0 Å². The molecule has 3 heterocycles. The number of aromatic nitrogens is 3. The molecule has 0 spiro atoms. The van der Waals surface area contributed by atoms with Crippen LogP contribution in [0.1, 0.15) is 0 Å². The molecule has 0 aliphatic heterocycles. The molecule has 0 saturated carbocycles. The Hall–Kier alpha value is -5.51. The second-order valence-corrected chi connectivity index (χ2v) is 9.00. The maximum Gasteiger partial charge on any atom is 0.201 e. The minimum absolute atomic E-state index is 0.0246. The Kier molecular flexibility index (Phi) is 6.64. The van der Waals surface area contributed by atoms with Crippen LogP contribution in [0.3, 0.4) is 0 Å². The predicted molar refractivity (Wildman–Crippen MR) is 152 cm³/mol. The van der Waals surface area contributed by atoms with Gasteiger partial charge in [-0.2, -0.15) is 0 Å². The van der Waals surface area contributed by atoms with Crippen LogP contribution in [0.15, 0.2) is 90.1 Å². The van der Waals surface area contributed by atoms with Crippen LogP contribution in [0.4, 0.5) is 20.3 Å². The summed E-state index contributed by atoms with van der Waals surface area (Å²) in [5, 5.41) is 3.83. The first-order chi connectivity index (χ1) is 20.0. The van der Waals surface area contributed by atoms with Gasteiger partial charge in [0.1, 0.15) is 17.4 Å². The molecule has 6 rings (SSSR count). The molecule has 0 bridgehead atoms. The van der Waals surface area contributed by atoms with Gasteiger partial charge in [-0.15, -0.1) is 0 Å². The van der Waals surface area contributed by atoms with Gasteiger partial charge in [-0.3, -0.25) is 9.78 Å². The van der Waals surface area contributed by atoms with Crippen LogP contribution < -0.4 is 25.0 Å². The maximum absolute atomic E-state index is 15.3. The fourth-order valence-electron chi connectivity index (χ4n) is 4.59. The average Bonchev–Trinajstić information content (AvgIpc) is 2.98. The molecule has 204 valence electrons. The van der Waals surface area contributed by atoms with E-state index in [9.17, 15) is 9.18 Å². The molecule has 0 aliphatic carbocycles. The zero-order chi connectivity index (χ0) is 28.5. The quantitative estimate of drug-likeness (QED) is 0.221. The van der Waals surface area contributed by atoms with Gasteiger partial charge in [-0.1, -0.05) is 18.2 Å². The van der Waals surface area contributed by atoms with E-state index in [4.69, 9.17) is 14.2 Å². The van der Waals surface area contributed by atoms with E-state index in [1.807, 2.05) is 0 Å². The van der Waals surface area contributed by atoms with Gasteiger partial charge in [0.05, 0.1) is 30.6 Å². The van der Waals surface area contributed by atoms with Gasteiger partial charge in [-0.25, -0.2) is 13.8 Å². The van der Waals surface area contributed by atoms with Crippen molar-refractivity contribution in [2.75, 3.05) is 19.5 Å². The molecule has 0 fully saturated rings. The number of nitrogens with one attached hydrogen (secondary N) is 2. The van der Waals surface area contributed by atoms with Crippen LogP contribution in [0.5, 0.6) is 23.0 Å². The van der Waals surface area contributed by atoms with Gasteiger partial charge in [0.15, 0.2) is 23.1 Å². The van der Waals surface area contributed by atoms with Gasteiger partial charge in [0.2, 0.25) is 5.43 Å². The fourth-order valence-corrected chi connectivity index (χ4v) is 4.59. The lowest BCUT2D eigenvalue weighted by molar-refractivity contribution is 0.355. The Labute approximate surface area is 232 Å². The highest BCUT2D eigenvalue weighted by atomic mass is 19.1. The molecule has 0 unspecified atom stereocenters. The van der Waals surface area contributed by atoms with Gasteiger partial charge < -0.3 is 24.5 Å². The molecule has 3 aromatic carbocycles. The summed E-state index contributed by atoms with van der Waals surface area (Å²) in [5.74, 6) is 0.356. The zero-order valence-corrected chi connectivity index (χ0v) is 21.9. The van der Waals surface area contributed by atoms with Crippen molar-refractivity contribution in [1.29, 1.82) is 0 Å². The molecule has 2 N–H and O–H groups in total. The first kappa shape index (κ1) is 25.8. The third-order valence-corrected chi connectivity index (χ3v) is 6.58. The van der Waals surface area contributed by atoms with Crippen molar-refractivity contribution >= 4 is 33.3 Å². The van der Waals surface area contributed by atoms with Crippen LogP contribution in [0.2, 0.25) is 0 Å². The Bertz CT molecular complexity index is 1990. The summed E-state index contributed by atoms with van der Waals surface area (Å²) in [7, 11) is 3.05. The molecule has 0 aliphatic rings. The monoisotopic (exact) mass is 552 g/mol. The number of fused-ring (bicyclic) bond motifs is 2. The Balaban J connectivity index is 1.33. The second kappa shape index (κ2) is 10.6. The smallest absolute Gasteiger partial charge is 0.201 e. The molecule has 6 aromatic rings. The molecule has 0 saturated heterocycles. The fraction of sp³-hybridized carbons (Fsp3) is 0.0645. The van der Waals surface area contributed by atoms with E-state index in [2.05, 4.69) is 20.3 Å². The number of H-pyrrole nitrogens is 1. The number of benzene rings is 3. The minimum Gasteiger partial charge on any atom is -0.493 e. The lowest BCUT2D eigenvalue weighted by Gasteiger charge is -2.14. The molecular weight excluding hydrogens is 530 g/mol. The summed E-state index contributed by atoms with van der Waals surface area (Å²) < 4.78 is 46.4. The number of nitrogens with zero attached hydrogens (tertiary/aromatic N) is 2.